The molecule has 0 aromatic heterocycles. The molecule has 1 atom stereocenters. The summed E-state index contributed by atoms with van der Waals surface area (Å²) in [5.74, 6) is 1.02. The summed E-state index contributed by atoms with van der Waals surface area (Å²) in [7, 11) is 0. The zero-order valence-corrected chi connectivity index (χ0v) is 21.5. The number of thioether (sulfide) groups is 1. The molecule has 2 aromatic rings. The molecule has 1 fully saturated rings. The summed E-state index contributed by atoms with van der Waals surface area (Å²) in [5.41, 5.74) is 5.97. The summed E-state index contributed by atoms with van der Waals surface area (Å²) in [6.45, 7) is 6.32. The van der Waals surface area contributed by atoms with Crippen LogP contribution in [0.2, 0.25) is 0 Å². The fraction of sp³-hybridized carbons (Fsp3) is 0.586. The van der Waals surface area contributed by atoms with Crippen molar-refractivity contribution in [1.82, 2.24) is 0 Å². The second-order valence-electron chi connectivity index (χ2n) is 10.1. The minimum atomic E-state index is -0.273. The lowest BCUT2D eigenvalue weighted by Crippen LogP contribution is -2.30. The van der Waals surface area contributed by atoms with Crippen molar-refractivity contribution >= 4 is 11.8 Å². The van der Waals surface area contributed by atoms with E-state index in [1.165, 1.54) is 53.7 Å². The van der Waals surface area contributed by atoms with Gasteiger partial charge in [-0.3, -0.25) is 0 Å². The number of aliphatic hydroxyl groups excluding tert-OH is 3. The lowest BCUT2D eigenvalue weighted by atomic mass is 9.66. The van der Waals surface area contributed by atoms with E-state index in [0.29, 0.717) is 0 Å². The third-order valence-electron chi connectivity index (χ3n) is 7.55. The minimum absolute atomic E-state index is 0.0284. The van der Waals surface area contributed by atoms with Gasteiger partial charge in [-0.15, -0.1) is 11.8 Å². The highest BCUT2D eigenvalue weighted by Gasteiger charge is 2.34. The summed E-state index contributed by atoms with van der Waals surface area (Å²) < 4.78 is 0. The van der Waals surface area contributed by atoms with Crippen LogP contribution in [0.1, 0.15) is 87.1 Å². The monoisotopic (exact) mass is 470 g/mol. The first-order chi connectivity index (χ1) is 15.9. The molecule has 3 rings (SSSR count). The van der Waals surface area contributed by atoms with Crippen LogP contribution in [0, 0.1) is 5.92 Å². The van der Waals surface area contributed by atoms with Gasteiger partial charge in [0.15, 0.2) is 0 Å². The maximum absolute atomic E-state index is 10.2. The van der Waals surface area contributed by atoms with E-state index in [1.54, 1.807) is 11.8 Å². The van der Waals surface area contributed by atoms with Gasteiger partial charge in [0.05, 0.1) is 19.3 Å². The first-order valence-corrected chi connectivity index (χ1v) is 13.7. The van der Waals surface area contributed by atoms with E-state index in [4.69, 9.17) is 0 Å². The number of benzene rings is 2. The van der Waals surface area contributed by atoms with Crippen LogP contribution in [-0.2, 0) is 31.5 Å². The summed E-state index contributed by atoms with van der Waals surface area (Å²) in [4.78, 5) is 1.30. The van der Waals surface area contributed by atoms with Crippen LogP contribution < -0.4 is 0 Å². The Bertz CT molecular complexity index is 886. The van der Waals surface area contributed by atoms with E-state index in [1.807, 2.05) is 6.07 Å². The Hall–Kier alpha value is -1.33. The molecule has 1 aliphatic carbocycles. The first-order valence-electron chi connectivity index (χ1n) is 12.7. The van der Waals surface area contributed by atoms with Gasteiger partial charge in [0.1, 0.15) is 0 Å². The largest absolute Gasteiger partial charge is 0.392 e. The Morgan fingerprint density at radius 2 is 1.64 bits per heavy atom. The van der Waals surface area contributed by atoms with Crippen LogP contribution in [0.4, 0.5) is 0 Å². The Kier molecular flexibility index (Phi) is 9.87. The number of hydrogen-bond donors (Lipinski definition) is 3. The van der Waals surface area contributed by atoms with Gasteiger partial charge >= 0.3 is 0 Å². The standard InChI is InChI=1S/C29H42O3S/c1-4-23-17-26(10-11-28(23)33-20-27(32)21(2)3)29(13-6-5-7-14-29)15-12-22-8-9-24(18-30)25(16-22)19-31/h8-11,16-17,21,27,30-32H,4-7,12-15,18-20H2,1-3H3. The summed E-state index contributed by atoms with van der Waals surface area (Å²) in [6, 6.07) is 13.2. The molecule has 0 aliphatic heterocycles. The van der Waals surface area contributed by atoms with Crippen LogP contribution in [0.5, 0.6) is 0 Å². The van der Waals surface area contributed by atoms with Gasteiger partial charge in [-0.1, -0.05) is 70.4 Å². The van der Waals surface area contributed by atoms with Crippen molar-refractivity contribution in [2.75, 3.05) is 5.75 Å². The molecule has 0 amide bonds. The number of aliphatic hydroxyl groups is 3. The highest BCUT2D eigenvalue weighted by atomic mass is 32.2. The molecule has 1 aliphatic rings. The fourth-order valence-corrected chi connectivity index (χ4v) is 6.41. The summed E-state index contributed by atoms with van der Waals surface area (Å²) >= 11 is 1.79. The van der Waals surface area contributed by atoms with Gasteiger partial charge < -0.3 is 15.3 Å². The predicted molar refractivity (Wildman–Crippen MR) is 139 cm³/mol. The van der Waals surface area contributed by atoms with E-state index < -0.39 is 0 Å². The van der Waals surface area contributed by atoms with Crippen LogP contribution in [0.3, 0.4) is 0 Å². The van der Waals surface area contributed by atoms with Crippen molar-refractivity contribution in [1.29, 1.82) is 0 Å². The molecule has 2 aromatic carbocycles. The highest BCUT2D eigenvalue weighted by Crippen LogP contribution is 2.44. The fourth-order valence-electron chi connectivity index (χ4n) is 5.13. The van der Waals surface area contributed by atoms with E-state index in [9.17, 15) is 15.3 Å². The zero-order chi connectivity index (χ0) is 23.8. The van der Waals surface area contributed by atoms with Crippen molar-refractivity contribution in [2.24, 2.45) is 5.92 Å². The molecule has 0 saturated heterocycles. The third kappa shape index (κ3) is 6.63. The van der Waals surface area contributed by atoms with E-state index in [-0.39, 0.29) is 30.7 Å². The Morgan fingerprint density at radius 1 is 0.909 bits per heavy atom. The van der Waals surface area contributed by atoms with Crippen molar-refractivity contribution in [3.8, 4) is 0 Å². The minimum Gasteiger partial charge on any atom is -0.392 e. The van der Waals surface area contributed by atoms with Gasteiger partial charge in [-0.2, -0.15) is 0 Å². The molecule has 0 spiro atoms. The topological polar surface area (TPSA) is 60.7 Å². The SMILES string of the molecule is CCc1cc(C2(CCc3ccc(CO)c(CO)c3)CCCCC2)ccc1SCC(O)C(C)C. The summed E-state index contributed by atoms with van der Waals surface area (Å²) in [6.07, 6.45) is 9.18. The maximum atomic E-state index is 10.2. The second kappa shape index (κ2) is 12.4. The summed E-state index contributed by atoms with van der Waals surface area (Å²) in [5, 5.41) is 29.4. The van der Waals surface area contributed by atoms with Crippen LogP contribution in [0.25, 0.3) is 0 Å². The smallest absolute Gasteiger partial charge is 0.0685 e. The van der Waals surface area contributed by atoms with Crippen LogP contribution >= 0.6 is 11.8 Å². The lowest BCUT2D eigenvalue weighted by molar-refractivity contribution is 0.149. The van der Waals surface area contributed by atoms with E-state index >= 15 is 0 Å². The number of rotatable bonds is 11. The van der Waals surface area contributed by atoms with Crippen molar-refractivity contribution in [3.63, 3.8) is 0 Å². The molecule has 3 nitrogen and oxygen atoms in total. The molecule has 0 radical (unpaired) electrons. The van der Waals surface area contributed by atoms with Crippen molar-refractivity contribution in [2.45, 2.75) is 102 Å². The van der Waals surface area contributed by atoms with Crippen LogP contribution in [-0.4, -0.2) is 27.2 Å². The van der Waals surface area contributed by atoms with Gasteiger partial charge in [0.25, 0.3) is 0 Å². The van der Waals surface area contributed by atoms with Crippen molar-refractivity contribution in [3.05, 3.63) is 64.2 Å². The van der Waals surface area contributed by atoms with Gasteiger partial charge in [-0.05, 0) is 77.3 Å². The zero-order valence-electron chi connectivity index (χ0n) is 20.6. The van der Waals surface area contributed by atoms with Crippen molar-refractivity contribution < 1.29 is 15.3 Å². The Balaban J connectivity index is 1.81. The Labute approximate surface area is 204 Å². The molecule has 1 unspecified atom stereocenters. The second-order valence-corrected chi connectivity index (χ2v) is 11.1. The molecular formula is C29H42O3S. The molecule has 0 heterocycles. The molecule has 4 heteroatoms. The first kappa shape index (κ1) is 26.3. The number of aryl methyl sites for hydroxylation is 2. The maximum Gasteiger partial charge on any atom is 0.0685 e. The van der Waals surface area contributed by atoms with Gasteiger partial charge in [0.2, 0.25) is 0 Å². The molecular weight excluding hydrogens is 428 g/mol. The van der Waals surface area contributed by atoms with E-state index in [2.05, 4.69) is 51.1 Å². The van der Waals surface area contributed by atoms with Crippen LogP contribution in [0.15, 0.2) is 41.3 Å². The highest BCUT2D eigenvalue weighted by molar-refractivity contribution is 7.99. The average Bonchev–Trinajstić information content (AvgIpc) is 2.86. The molecule has 1 saturated carbocycles. The normalized spacial score (nSPS) is 16.8. The lowest BCUT2D eigenvalue weighted by Gasteiger charge is -2.39. The Morgan fingerprint density at radius 3 is 2.27 bits per heavy atom. The van der Waals surface area contributed by atoms with E-state index in [0.717, 1.165) is 36.1 Å². The predicted octanol–water partition coefficient (Wildman–Crippen LogP) is 6.18. The molecule has 3 N–H and O–H groups in total. The molecule has 0 bridgehead atoms. The number of hydrogen-bond acceptors (Lipinski definition) is 4. The molecule has 33 heavy (non-hydrogen) atoms. The average molecular weight is 471 g/mol. The quantitative estimate of drug-likeness (QED) is 0.343. The van der Waals surface area contributed by atoms with Gasteiger partial charge in [-0.25, -0.2) is 0 Å². The van der Waals surface area contributed by atoms with Gasteiger partial charge in [0, 0.05) is 10.6 Å². The third-order valence-corrected chi connectivity index (χ3v) is 8.76. The molecule has 182 valence electrons.